The predicted octanol–water partition coefficient (Wildman–Crippen LogP) is 2.68. The lowest BCUT2D eigenvalue weighted by atomic mass is 9.82. The molecule has 0 unspecified atom stereocenters. The summed E-state index contributed by atoms with van der Waals surface area (Å²) >= 11 is 0. The third-order valence-electron chi connectivity index (χ3n) is 5.31. The average molecular weight is 376 g/mol. The molecule has 1 aliphatic rings. The first-order chi connectivity index (χ1) is 13.6. The van der Waals surface area contributed by atoms with Gasteiger partial charge < -0.3 is 5.32 Å². The Balaban J connectivity index is 1.74. The fourth-order valence-electron chi connectivity index (χ4n) is 3.99. The number of anilines is 1. The second-order valence-corrected chi connectivity index (χ2v) is 6.96. The third-order valence-corrected chi connectivity index (χ3v) is 5.31. The normalized spacial score (nSPS) is 18.2. The highest BCUT2D eigenvalue weighted by Gasteiger charge is 2.35. The van der Waals surface area contributed by atoms with Gasteiger partial charge in [0, 0.05) is 30.5 Å². The van der Waals surface area contributed by atoms with Gasteiger partial charge in [-0.1, -0.05) is 30.3 Å². The Kier molecular flexibility index (Phi) is 3.71. The maximum absolute atomic E-state index is 14.2. The minimum Gasteiger partial charge on any atom is -0.377 e. The van der Waals surface area contributed by atoms with Crippen LogP contribution in [-0.4, -0.2) is 25.0 Å². The number of benzene rings is 2. The topological polar surface area (TPSA) is 88.5 Å². The van der Waals surface area contributed by atoms with E-state index in [0.717, 1.165) is 17.1 Å². The average Bonchev–Trinajstić information content (AvgIpc) is 3.10. The number of nitrogens with zero attached hydrogens (tertiary/aromatic N) is 4. The molecule has 0 radical (unpaired) electrons. The van der Waals surface area contributed by atoms with E-state index in [2.05, 4.69) is 25.6 Å². The van der Waals surface area contributed by atoms with E-state index in [1.54, 1.807) is 4.68 Å². The molecule has 8 heteroatoms. The van der Waals surface area contributed by atoms with Gasteiger partial charge in [0.1, 0.15) is 18.0 Å². The summed E-state index contributed by atoms with van der Waals surface area (Å²) < 4.78 is 15.9. The van der Waals surface area contributed by atoms with Crippen molar-refractivity contribution in [3.63, 3.8) is 0 Å². The minimum atomic E-state index is -0.462. The zero-order valence-electron chi connectivity index (χ0n) is 15.1. The predicted molar refractivity (Wildman–Crippen MR) is 103 cm³/mol. The fourth-order valence-corrected chi connectivity index (χ4v) is 3.99. The molecule has 3 heterocycles. The minimum absolute atomic E-state index is 0.123. The van der Waals surface area contributed by atoms with Crippen molar-refractivity contribution in [2.24, 2.45) is 7.05 Å². The molecule has 4 aromatic rings. The van der Waals surface area contributed by atoms with Crippen LogP contribution in [0.2, 0.25) is 0 Å². The van der Waals surface area contributed by atoms with Gasteiger partial charge in [0.2, 0.25) is 0 Å². The molecular formula is C20H17FN6O. The molecule has 7 nitrogen and oxygen atoms in total. The third kappa shape index (κ3) is 2.57. The summed E-state index contributed by atoms with van der Waals surface area (Å²) in [4.78, 5) is 16.6. The molecule has 0 aliphatic carbocycles. The highest BCUT2D eigenvalue weighted by atomic mass is 19.1. The second kappa shape index (κ2) is 6.26. The van der Waals surface area contributed by atoms with Crippen LogP contribution >= 0.6 is 0 Å². The molecule has 1 aliphatic heterocycles. The Hall–Kier alpha value is -3.55. The Labute approximate surface area is 159 Å². The Morgan fingerprint density at radius 1 is 1.21 bits per heavy atom. The molecule has 5 rings (SSSR count). The van der Waals surface area contributed by atoms with Crippen molar-refractivity contribution in [1.29, 1.82) is 0 Å². The largest absolute Gasteiger partial charge is 0.377 e. The van der Waals surface area contributed by atoms with Crippen LogP contribution in [0.4, 0.5) is 10.1 Å². The van der Waals surface area contributed by atoms with E-state index in [4.69, 9.17) is 0 Å². The SMILES string of the molecule is Cn1ncnc1C[C@H]1c2n[nH]c(=O)c3cc(F)cc(c23)N[C@@H]1c1ccccc1. The number of hydrogen-bond acceptors (Lipinski definition) is 5. The van der Waals surface area contributed by atoms with E-state index in [0.29, 0.717) is 22.9 Å². The number of hydrogen-bond donors (Lipinski definition) is 2. The smallest absolute Gasteiger partial charge is 0.272 e. The highest BCUT2D eigenvalue weighted by Crippen LogP contribution is 2.44. The molecule has 2 N–H and O–H groups in total. The van der Waals surface area contributed by atoms with Gasteiger partial charge in [0.05, 0.1) is 17.1 Å². The van der Waals surface area contributed by atoms with Crippen molar-refractivity contribution in [2.45, 2.75) is 18.4 Å². The molecule has 0 fully saturated rings. The van der Waals surface area contributed by atoms with Crippen LogP contribution < -0.4 is 10.9 Å². The molecule has 28 heavy (non-hydrogen) atoms. The van der Waals surface area contributed by atoms with Crippen molar-refractivity contribution >= 4 is 16.5 Å². The first-order valence-corrected chi connectivity index (χ1v) is 8.98. The van der Waals surface area contributed by atoms with Gasteiger partial charge >= 0.3 is 0 Å². The van der Waals surface area contributed by atoms with Crippen molar-refractivity contribution in [3.8, 4) is 0 Å². The standard InChI is InChI=1S/C20H17FN6O/c1-27-16(22-10-23-27)9-14-18(11-5-3-2-4-6-11)24-15-8-12(21)7-13-17(15)19(14)25-26-20(13)28/h2-8,10,14,18,24H,9H2,1H3,(H,26,28)/t14-,18-/m1/s1. The molecule has 0 bridgehead atoms. The number of rotatable bonds is 3. The summed E-state index contributed by atoms with van der Waals surface area (Å²) in [7, 11) is 1.84. The van der Waals surface area contributed by atoms with Crippen LogP contribution in [0.25, 0.3) is 10.8 Å². The van der Waals surface area contributed by atoms with Gasteiger partial charge in [-0.05, 0) is 17.7 Å². The molecular weight excluding hydrogens is 359 g/mol. The number of aryl methyl sites for hydroxylation is 1. The van der Waals surface area contributed by atoms with Gasteiger partial charge in [0.25, 0.3) is 5.56 Å². The first-order valence-electron chi connectivity index (χ1n) is 8.98. The van der Waals surface area contributed by atoms with Gasteiger partial charge in [-0.25, -0.2) is 14.5 Å². The lowest BCUT2D eigenvalue weighted by molar-refractivity contribution is 0.528. The van der Waals surface area contributed by atoms with Crippen molar-refractivity contribution in [1.82, 2.24) is 25.0 Å². The monoisotopic (exact) mass is 376 g/mol. The molecule has 0 amide bonds. The zero-order valence-corrected chi connectivity index (χ0v) is 15.1. The van der Waals surface area contributed by atoms with E-state index in [1.165, 1.54) is 18.5 Å². The lowest BCUT2D eigenvalue weighted by Crippen LogP contribution is -2.29. The number of nitrogens with one attached hydrogen (secondary N) is 2. The maximum atomic E-state index is 14.2. The van der Waals surface area contributed by atoms with Gasteiger partial charge in [-0.3, -0.25) is 9.48 Å². The summed E-state index contributed by atoms with van der Waals surface area (Å²) in [5, 5.41) is 15.5. The Bertz CT molecular complexity index is 1230. The summed E-state index contributed by atoms with van der Waals surface area (Å²) in [5.74, 6) is 0.221. The molecule has 0 spiro atoms. The Morgan fingerprint density at radius 3 is 2.79 bits per heavy atom. The van der Waals surface area contributed by atoms with Crippen LogP contribution in [0.1, 0.15) is 29.0 Å². The summed E-state index contributed by atoms with van der Waals surface area (Å²) in [6, 6.07) is 12.4. The molecule has 0 saturated carbocycles. The van der Waals surface area contributed by atoms with Gasteiger partial charge in [-0.15, -0.1) is 0 Å². The zero-order chi connectivity index (χ0) is 19.3. The van der Waals surface area contributed by atoms with E-state index in [1.807, 2.05) is 37.4 Å². The van der Waals surface area contributed by atoms with E-state index < -0.39 is 11.4 Å². The summed E-state index contributed by atoms with van der Waals surface area (Å²) in [5.41, 5.74) is 1.94. The van der Waals surface area contributed by atoms with E-state index in [-0.39, 0.29) is 12.0 Å². The van der Waals surface area contributed by atoms with Crippen LogP contribution in [0.3, 0.4) is 0 Å². The van der Waals surface area contributed by atoms with Crippen molar-refractivity contribution in [2.75, 3.05) is 5.32 Å². The quantitative estimate of drug-likeness (QED) is 0.574. The van der Waals surface area contributed by atoms with Gasteiger partial charge in [-0.2, -0.15) is 10.2 Å². The van der Waals surface area contributed by atoms with Crippen molar-refractivity contribution in [3.05, 3.63) is 82.0 Å². The van der Waals surface area contributed by atoms with Crippen LogP contribution in [0.15, 0.2) is 53.6 Å². The van der Waals surface area contributed by atoms with E-state index in [9.17, 15) is 9.18 Å². The number of halogens is 1. The van der Waals surface area contributed by atoms with Crippen molar-refractivity contribution < 1.29 is 4.39 Å². The fraction of sp³-hybridized carbons (Fsp3) is 0.200. The lowest BCUT2D eigenvalue weighted by Gasteiger charge is -2.34. The van der Waals surface area contributed by atoms with Gasteiger partial charge in [0.15, 0.2) is 0 Å². The molecule has 2 aromatic carbocycles. The number of aromatic amines is 1. The first kappa shape index (κ1) is 16.6. The van der Waals surface area contributed by atoms with E-state index >= 15 is 0 Å². The molecule has 0 saturated heterocycles. The molecule has 2 atom stereocenters. The molecule has 2 aromatic heterocycles. The van der Waals surface area contributed by atoms with Crippen LogP contribution in [-0.2, 0) is 13.5 Å². The van der Waals surface area contributed by atoms with Crippen LogP contribution in [0, 0.1) is 5.82 Å². The highest BCUT2D eigenvalue weighted by molar-refractivity contribution is 5.97. The summed E-state index contributed by atoms with van der Waals surface area (Å²) in [6.07, 6.45) is 2.08. The number of aromatic nitrogens is 5. The second-order valence-electron chi connectivity index (χ2n) is 6.96. The Morgan fingerprint density at radius 2 is 2.04 bits per heavy atom. The maximum Gasteiger partial charge on any atom is 0.272 e. The number of H-pyrrole nitrogens is 1. The molecule has 140 valence electrons. The summed E-state index contributed by atoms with van der Waals surface area (Å²) in [6.45, 7) is 0. The van der Waals surface area contributed by atoms with Crippen LogP contribution in [0.5, 0.6) is 0 Å².